The van der Waals surface area contributed by atoms with E-state index in [2.05, 4.69) is 29.1 Å². The van der Waals surface area contributed by atoms with Crippen molar-refractivity contribution < 1.29 is 4.39 Å². The number of anilines is 2. The van der Waals surface area contributed by atoms with Gasteiger partial charge in [-0.25, -0.2) is 9.37 Å². The smallest absolute Gasteiger partial charge is 0.225 e. The van der Waals surface area contributed by atoms with Gasteiger partial charge in [0.15, 0.2) is 11.6 Å². The quantitative estimate of drug-likeness (QED) is 0.750. The summed E-state index contributed by atoms with van der Waals surface area (Å²) < 4.78 is 12.7. The Morgan fingerprint density at radius 2 is 2.29 bits per heavy atom. The predicted octanol–water partition coefficient (Wildman–Crippen LogP) is 1.41. The second-order valence-corrected chi connectivity index (χ2v) is 4.32. The fourth-order valence-corrected chi connectivity index (χ4v) is 1.32. The van der Waals surface area contributed by atoms with E-state index in [1.54, 1.807) is 0 Å². The summed E-state index contributed by atoms with van der Waals surface area (Å²) in [5, 5.41) is 3.11. The minimum Gasteiger partial charge on any atom is -0.381 e. The second kappa shape index (κ2) is 2.80. The zero-order chi connectivity index (χ0) is 10.3. The third-order valence-corrected chi connectivity index (χ3v) is 2.59. The molecule has 76 valence electrons. The molecule has 1 aromatic heterocycles. The number of nitrogens with one attached hydrogen (secondary N) is 1. The van der Waals surface area contributed by atoms with Crippen LogP contribution in [0.2, 0.25) is 0 Å². The van der Waals surface area contributed by atoms with Crippen molar-refractivity contribution in [3.8, 4) is 0 Å². The van der Waals surface area contributed by atoms with Gasteiger partial charge < -0.3 is 11.1 Å². The van der Waals surface area contributed by atoms with Crippen LogP contribution in [-0.4, -0.2) is 16.0 Å². The summed E-state index contributed by atoms with van der Waals surface area (Å²) in [5.41, 5.74) is 5.60. The number of hydrogen-bond donors (Lipinski definition) is 2. The highest BCUT2D eigenvalue weighted by Crippen LogP contribution is 2.46. The van der Waals surface area contributed by atoms with E-state index < -0.39 is 5.82 Å². The third-order valence-electron chi connectivity index (χ3n) is 2.59. The van der Waals surface area contributed by atoms with Gasteiger partial charge in [0, 0.05) is 6.04 Å². The van der Waals surface area contributed by atoms with E-state index >= 15 is 0 Å². The first kappa shape index (κ1) is 9.18. The van der Waals surface area contributed by atoms with Crippen molar-refractivity contribution in [2.24, 2.45) is 5.41 Å². The van der Waals surface area contributed by atoms with Gasteiger partial charge >= 0.3 is 0 Å². The molecule has 1 fully saturated rings. The van der Waals surface area contributed by atoms with Gasteiger partial charge in [0.25, 0.3) is 0 Å². The number of halogens is 1. The van der Waals surface area contributed by atoms with E-state index in [0.717, 1.165) is 12.6 Å². The molecular weight excluding hydrogens is 183 g/mol. The molecule has 4 nitrogen and oxygen atoms in total. The van der Waals surface area contributed by atoms with Crippen LogP contribution in [0.15, 0.2) is 6.20 Å². The monoisotopic (exact) mass is 196 g/mol. The third kappa shape index (κ3) is 1.62. The molecule has 0 bridgehead atoms. The Balaban J connectivity index is 2.08. The molecule has 5 heteroatoms. The Bertz CT molecular complexity index is 364. The Hall–Kier alpha value is -1.39. The molecular formula is C9H13FN4. The average Bonchev–Trinajstić information content (AvgIpc) is 2.67. The first-order chi connectivity index (χ1) is 6.49. The fourth-order valence-electron chi connectivity index (χ4n) is 1.32. The summed E-state index contributed by atoms with van der Waals surface area (Å²) >= 11 is 0. The van der Waals surface area contributed by atoms with Crippen LogP contribution in [0.5, 0.6) is 0 Å². The van der Waals surface area contributed by atoms with Crippen molar-refractivity contribution in [1.29, 1.82) is 0 Å². The van der Waals surface area contributed by atoms with E-state index in [-0.39, 0.29) is 11.2 Å². The number of aromatic nitrogens is 2. The molecule has 1 aromatic rings. The van der Waals surface area contributed by atoms with E-state index in [1.165, 1.54) is 0 Å². The van der Waals surface area contributed by atoms with Gasteiger partial charge in [-0.3, -0.25) is 0 Å². The molecule has 1 saturated carbocycles. The summed E-state index contributed by atoms with van der Waals surface area (Å²) in [6.45, 7) is 4.30. The Kier molecular flexibility index (Phi) is 1.83. The van der Waals surface area contributed by atoms with Gasteiger partial charge in [-0.2, -0.15) is 4.98 Å². The zero-order valence-electron chi connectivity index (χ0n) is 8.21. The van der Waals surface area contributed by atoms with Crippen LogP contribution in [0.1, 0.15) is 20.3 Å². The molecule has 14 heavy (non-hydrogen) atoms. The maximum Gasteiger partial charge on any atom is 0.225 e. The highest BCUT2D eigenvalue weighted by atomic mass is 19.1. The normalized spacial score (nSPS) is 23.2. The van der Waals surface area contributed by atoms with Gasteiger partial charge in [0.1, 0.15) is 0 Å². The van der Waals surface area contributed by atoms with Crippen LogP contribution in [0, 0.1) is 11.2 Å². The Labute approximate surface area is 81.7 Å². The molecule has 1 aliphatic carbocycles. The Morgan fingerprint density at radius 3 is 2.79 bits per heavy atom. The summed E-state index contributed by atoms with van der Waals surface area (Å²) in [6.07, 6.45) is 2.16. The van der Waals surface area contributed by atoms with Crippen molar-refractivity contribution in [1.82, 2.24) is 9.97 Å². The predicted molar refractivity (Wildman–Crippen MR) is 52.2 cm³/mol. The molecule has 2 rings (SSSR count). The standard InChI is InChI=1S/C9H13FN4/c1-9(2)3-6(9)13-8-12-4-5(10)7(11)14-8/h4,6H,3H2,1-2H3,(H3,11,12,13,14). The van der Waals surface area contributed by atoms with Crippen molar-refractivity contribution in [2.75, 3.05) is 11.1 Å². The maximum atomic E-state index is 12.7. The summed E-state index contributed by atoms with van der Waals surface area (Å²) in [7, 11) is 0. The molecule has 0 saturated heterocycles. The van der Waals surface area contributed by atoms with Gasteiger partial charge in [0.2, 0.25) is 5.95 Å². The lowest BCUT2D eigenvalue weighted by Crippen LogP contribution is -2.12. The molecule has 0 aromatic carbocycles. The van der Waals surface area contributed by atoms with Gasteiger partial charge in [0.05, 0.1) is 6.20 Å². The molecule has 3 N–H and O–H groups in total. The van der Waals surface area contributed by atoms with Crippen LogP contribution in [-0.2, 0) is 0 Å². The molecule has 1 aliphatic rings. The highest BCUT2D eigenvalue weighted by Gasteiger charge is 2.46. The molecule has 1 unspecified atom stereocenters. The lowest BCUT2D eigenvalue weighted by molar-refractivity contribution is 0.616. The van der Waals surface area contributed by atoms with Gasteiger partial charge in [-0.15, -0.1) is 0 Å². The molecule has 0 spiro atoms. The van der Waals surface area contributed by atoms with Crippen molar-refractivity contribution in [3.05, 3.63) is 12.0 Å². The minimum absolute atomic E-state index is 0.110. The molecule has 1 heterocycles. The van der Waals surface area contributed by atoms with E-state index in [0.29, 0.717) is 12.0 Å². The topological polar surface area (TPSA) is 63.8 Å². The lowest BCUT2D eigenvalue weighted by atomic mass is 10.2. The van der Waals surface area contributed by atoms with Crippen molar-refractivity contribution in [2.45, 2.75) is 26.3 Å². The Morgan fingerprint density at radius 1 is 1.64 bits per heavy atom. The molecule has 0 aliphatic heterocycles. The molecule has 0 radical (unpaired) electrons. The summed E-state index contributed by atoms with van der Waals surface area (Å²) in [5.74, 6) is -0.286. The molecule has 0 amide bonds. The van der Waals surface area contributed by atoms with Crippen molar-refractivity contribution in [3.63, 3.8) is 0 Å². The minimum atomic E-state index is -0.578. The average molecular weight is 196 g/mol. The SMILES string of the molecule is CC1(C)CC1Nc1ncc(F)c(N)n1. The number of nitrogens with two attached hydrogens (primary N) is 1. The van der Waals surface area contributed by atoms with Crippen LogP contribution >= 0.6 is 0 Å². The summed E-state index contributed by atoms with van der Waals surface area (Å²) in [4.78, 5) is 7.61. The van der Waals surface area contributed by atoms with E-state index in [1.807, 2.05) is 0 Å². The van der Waals surface area contributed by atoms with Crippen LogP contribution in [0.4, 0.5) is 16.2 Å². The van der Waals surface area contributed by atoms with Crippen LogP contribution < -0.4 is 11.1 Å². The van der Waals surface area contributed by atoms with E-state index in [4.69, 9.17) is 5.73 Å². The number of nitrogen functional groups attached to an aromatic ring is 1. The zero-order valence-corrected chi connectivity index (χ0v) is 8.21. The number of rotatable bonds is 2. The van der Waals surface area contributed by atoms with Gasteiger partial charge in [-0.05, 0) is 11.8 Å². The van der Waals surface area contributed by atoms with E-state index in [9.17, 15) is 4.39 Å². The first-order valence-electron chi connectivity index (χ1n) is 4.53. The van der Waals surface area contributed by atoms with Crippen LogP contribution in [0.25, 0.3) is 0 Å². The lowest BCUT2D eigenvalue weighted by Gasteiger charge is -2.06. The van der Waals surface area contributed by atoms with Crippen molar-refractivity contribution >= 4 is 11.8 Å². The largest absolute Gasteiger partial charge is 0.381 e. The maximum absolute atomic E-state index is 12.7. The number of hydrogen-bond acceptors (Lipinski definition) is 4. The fraction of sp³-hybridized carbons (Fsp3) is 0.556. The second-order valence-electron chi connectivity index (χ2n) is 4.32. The number of nitrogens with zero attached hydrogens (tertiary/aromatic N) is 2. The summed E-state index contributed by atoms with van der Waals surface area (Å²) in [6, 6.07) is 0.368. The van der Waals surface area contributed by atoms with Crippen LogP contribution in [0.3, 0.4) is 0 Å². The van der Waals surface area contributed by atoms with Gasteiger partial charge in [-0.1, -0.05) is 13.8 Å². The first-order valence-corrected chi connectivity index (χ1v) is 4.53. The highest BCUT2D eigenvalue weighted by molar-refractivity contribution is 5.39. The molecule has 1 atom stereocenters.